The fourth-order valence-electron chi connectivity index (χ4n) is 4.30. The Morgan fingerprint density at radius 1 is 0.871 bits per heavy atom. The molecule has 0 amide bonds. The predicted octanol–water partition coefficient (Wildman–Crippen LogP) is 7.11. The minimum absolute atomic E-state index is 0.548. The van der Waals surface area contributed by atoms with Crippen molar-refractivity contribution in [1.82, 2.24) is 10.1 Å². The summed E-state index contributed by atoms with van der Waals surface area (Å²) < 4.78 is 0.548. The molecule has 31 heavy (non-hydrogen) atoms. The molecule has 1 unspecified atom stereocenters. The molecule has 0 aromatic heterocycles. The Morgan fingerprint density at radius 3 is 2.13 bits per heavy atom. The second-order valence-corrected chi connectivity index (χ2v) is 8.92. The fraction of sp³-hybridized carbons (Fsp3) is 0.111. The molecule has 1 heterocycles. The number of rotatable bonds is 5. The molecule has 3 aromatic carbocycles. The average Bonchev–Trinajstić information content (AvgIpc) is 2.83. The lowest BCUT2D eigenvalue weighted by Gasteiger charge is -2.45. The number of thioether (sulfide) groups is 1. The highest BCUT2D eigenvalue weighted by atomic mass is 32.2. The number of fused-ring (bicyclic) bond motifs is 1. The Morgan fingerprint density at radius 2 is 1.48 bits per heavy atom. The average molecular weight is 425 g/mol. The van der Waals surface area contributed by atoms with Crippen LogP contribution in [-0.4, -0.2) is 6.54 Å². The van der Waals surface area contributed by atoms with Crippen LogP contribution in [-0.2, 0) is 0 Å². The molecule has 0 spiro atoms. The van der Waals surface area contributed by atoms with E-state index in [1.807, 2.05) is 11.8 Å². The molecular weight excluding hydrogens is 398 g/mol. The Kier molecular flexibility index (Phi) is 5.28. The quantitative estimate of drug-likeness (QED) is 0.347. The molecule has 0 fully saturated rings. The molecule has 1 aliphatic carbocycles. The van der Waals surface area contributed by atoms with Crippen molar-refractivity contribution in [1.29, 1.82) is 0 Å². The molecule has 1 N–H and O–H groups in total. The number of quaternary nitrogens is 1. The summed E-state index contributed by atoms with van der Waals surface area (Å²) in [7, 11) is 0. The third-order valence-electron chi connectivity index (χ3n) is 5.84. The van der Waals surface area contributed by atoms with Crippen LogP contribution in [0.3, 0.4) is 0 Å². The molecule has 0 radical (unpaired) electrons. The van der Waals surface area contributed by atoms with Gasteiger partial charge in [-0.05, 0) is 42.8 Å². The summed E-state index contributed by atoms with van der Waals surface area (Å²) >= 11 is 1.87. The minimum atomic E-state index is 0.548. The normalized spacial score (nSPS) is 19.7. The summed E-state index contributed by atoms with van der Waals surface area (Å²) in [5.74, 6) is 0. The van der Waals surface area contributed by atoms with Crippen molar-refractivity contribution in [2.45, 2.75) is 18.2 Å². The van der Waals surface area contributed by atoms with E-state index in [4.69, 9.17) is 0 Å². The highest BCUT2D eigenvalue weighted by Gasteiger charge is 2.44. The van der Waals surface area contributed by atoms with E-state index in [1.165, 1.54) is 21.2 Å². The molecule has 5 rings (SSSR count). The van der Waals surface area contributed by atoms with Crippen molar-refractivity contribution in [3.8, 4) is 0 Å². The first-order valence-corrected chi connectivity index (χ1v) is 11.5. The molecular formula is C27H26N3S+. The summed E-state index contributed by atoms with van der Waals surface area (Å²) in [6.07, 6.45) is 5.30. The minimum Gasteiger partial charge on any atom is -0.233 e. The summed E-state index contributed by atoms with van der Waals surface area (Å²) in [6.45, 7) is 7.33. The van der Waals surface area contributed by atoms with Crippen LogP contribution >= 0.6 is 11.8 Å². The van der Waals surface area contributed by atoms with Crippen LogP contribution in [0.1, 0.15) is 13.3 Å². The summed E-state index contributed by atoms with van der Waals surface area (Å²) in [4.78, 5) is 2.65. The van der Waals surface area contributed by atoms with E-state index in [1.54, 1.807) is 0 Å². The molecule has 0 saturated carbocycles. The summed E-state index contributed by atoms with van der Waals surface area (Å²) in [5, 5.41) is 2.21. The second-order valence-electron chi connectivity index (χ2n) is 7.78. The third kappa shape index (κ3) is 3.53. The standard InChI is InChI=1S/C27H26N3S/c1-3-30(28-29(22-12-6-4-7-13-22)23-14-8-5-9-15-23)24-16-10-11-17-26(24)31-27-20-21(2)18-19-25(27)30/h4-19,28H,2-3,20H2,1H3/q+1. The van der Waals surface area contributed by atoms with Crippen molar-refractivity contribution in [3.63, 3.8) is 0 Å². The maximum Gasteiger partial charge on any atom is 0.172 e. The van der Waals surface area contributed by atoms with Crippen LogP contribution in [0.2, 0.25) is 0 Å². The van der Waals surface area contributed by atoms with Gasteiger partial charge in [0.25, 0.3) is 0 Å². The lowest BCUT2D eigenvalue weighted by molar-refractivity contribution is 0.259. The van der Waals surface area contributed by atoms with E-state index >= 15 is 0 Å². The summed E-state index contributed by atoms with van der Waals surface area (Å²) in [6, 6.07) is 29.7. The molecule has 1 aliphatic heterocycles. The number of hydrogen-bond acceptors (Lipinski definition) is 3. The van der Waals surface area contributed by atoms with Crippen molar-refractivity contribution in [3.05, 3.63) is 120 Å². The molecule has 3 aromatic rings. The van der Waals surface area contributed by atoms with Gasteiger partial charge >= 0.3 is 0 Å². The number of hydrogen-bond donors (Lipinski definition) is 1. The van der Waals surface area contributed by atoms with Gasteiger partial charge in [-0.15, -0.1) is 0 Å². The molecule has 2 aliphatic rings. The molecule has 4 heteroatoms. The van der Waals surface area contributed by atoms with Crippen LogP contribution in [0.4, 0.5) is 17.1 Å². The number of likely N-dealkylation sites (N-methyl/N-ethyl adjacent to an activating group) is 1. The van der Waals surface area contributed by atoms with Gasteiger partial charge in [-0.3, -0.25) is 0 Å². The lowest BCUT2D eigenvalue weighted by Crippen LogP contribution is -2.64. The molecule has 0 saturated heterocycles. The van der Waals surface area contributed by atoms with E-state index in [0.717, 1.165) is 29.9 Å². The Balaban J connectivity index is 1.70. The van der Waals surface area contributed by atoms with Gasteiger partial charge in [0, 0.05) is 18.6 Å². The Hall–Kier alpha value is -3.05. The van der Waals surface area contributed by atoms with Crippen molar-refractivity contribution >= 4 is 28.8 Å². The first kappa shape index (κ1) is 19.9. The van der Waals surface area contributed by atoms with Crippen molar-refractivity contribution in [2.75, 3.05) is 11.6 Å². The maximum atomic E-state index is 4.22. The van der Waals surface area contributed by atoms with E-state index in [2.05, 4.69) is 121 Å². The highest BCUT2D eigenvalue weighted by molar-refractivity contribution is 8.03. The van der Waals surface area contributed by atoms with Gasteiger partial charge in [-0.2, -0.15) is 4.59 Å². The van der Waals surface area contributed by atoms with E-state index < -0.39 is 0 Å². The molecule has 154 valence electrons. The van der Waals surface area contributed by atoms with Gasteiger partial charge in [0.2, 0.25) is 0 Å². The molecule has 1 atom stereocenters. The zero-order valence-corrected chi connectivity index (χ0v) is 18.5. The van der Waals surface area contributed by atoms with E-state index in [-0.39, 0.29) is 0 Å². The van der Waals surface area contributed by atoms with E-state index in [9.17, 15) is 0 Å². The SMILES string of the molecule is C=C1C=CC2=C(C1)Sc1ccccc1[N+]2(CC)NN(c1ccccc1)c1ccccc1. The van der Waals surface area contributed by atoms with Gasteiger partial charge in [-0.1, -0.05) is 78.5 Å². The fourth-order valence-corrected chi connectivity index (χ4v) is 5.63. The second kappa shape index (κ2) is 8.23. The van der Waals surface area contributed by atoms with Gasteiger partial charge in [0.1, 0.15) is 6.54 Å². The van der Waals surface area contributed by atoms with Crippen LogP contribution in [0, 0.1) is 0 Å². The van der Waals surface area contributed by atoms with Crippen molar-refractivity contribution in [2.24, 2.45) is 0 Å². The summed E-state index contributed by atoms with van der Waals surface area (Å²) in [5.41, 5.74) is 9.85. The number of nitrogens with zero attached hydrogens (tertiary/aromatic N) is 2. The number of allylic oxidation sites excluding steroid dienone is 4. The molecule has 3 nitrogen and oxygen atoms in total. The van der Waals surface area contributed by atoms with E-state index in [0.29, 0.717) is 4.59 Å². The topological polar surface area (TPSA) is 15.3 Å². The first-order chi connectivity index (χ1) is 15.2. The van der Waals surface area contributed by atoms with Gasteiger partial charge in [0.15, 0.2) is 11.4 Å². The number of para-hydroxylation sites is 3. The van der Waals surface area contributed by atoms with Crippen LogP contribution in [0.25, 0.3) is 0 Å². The Bertz CT molecular complexity index is 1130. The highest BCUT2D eigenvalue weighted by Crippen LogP contribution is 2.50. The first-order valence-electron chi connectivity index (χ1n) is 10.6. The van der Waals surface area contributed by atoms with Crippen LogP contribution < -0.4 is 15.1 Å². The predicted molar refractivity (Wildman–Crippen MR) is 133 cm³/mol. The van der Waals surface area contributed by atoms with Gasteiger partial charge in [0.05, 0.1) is 21.2 Å². The number of benzene rings is 3. The van der Waals surface area contributed by atoms with Crippen LogP contribution in [0.5, 0.6) is 0 Å². The zero-order valence-electron chi connectivity index (χ0n) is 17.7. The largest absolute Gasteiger partial charge is 0.233 e. The Labute approximate surface area is 188 Å². The van der Waals surface area contributed by atoms with Gasteiger partial charge in [-0.25, -0.2) is 5.01 Å². The number of nitrogens with one attached hydrogen (secondary N) is 1. The lowest BCUT2D eigenvalue weighted by atomic mass is 10.0. The molecule has 0 bridgehead atoms. The van der Waals surface area contributed by atoms with Crippen LogP contribution in [0.15, 0.2) is 125 Å². The number of hydrazine groups is 1. The number of anilines is 2. The monoisotopic (exact) mass is 424 g/mol. The van der Waals surface area contributed by atoms with Crippen molar-refractivity contribution < 1.29 is 0 Å². The zero-order chi connectivity index (χ0) is 21.3. The third-order valence-corrected chi connectivity index (χ3v) is 7.01. The smallest absolute Gasteiger partial charge is 0.172 e. The van der Waals surface area contributed by atoms with Gasteiger partial charge < -0.3 is 0 Å². The maximum absolute atomic E-state index is 4.22.